The van der Waals surface area contributed by atoms with Crippen molar-refractivity contribution in [3.8, 4) is 0 Å². The predicted octanol–water partition coefficient (Wildman–Crippen LogP) is 12.4. The average Bonchev–Trinajstić information content (AvgIpc) is 3.08. The lowest BCUT2D eigenvalue weighted by Gasteiger charge is -2.42. The molecule has 0 aromatic heterocycles. The first-order valence-electron chi connectivity index (χ1n) is 18.7. The predicted molar refractivity (Wildman–Crippen MR) is 204 cm³/mol. The normalized spacial score (nSPS) is 19.4. The van der Waals surface area contributed by atoms with Gasteiger partial charge in [-0.05, 0) is 127 Å². The van der Waals surface area contributed by atoms with Gasteiger partial charge in [0.05, 0.1) is 0 Å². The topological polar surface area (TPSA) is 52.0 Å². The Morgan fingerprint density at radius 1 is 0.596 bits per heavy atom. The molecule has 0 saturated heterocycles. The van der Waals surface area contributed by atoms with E-state index < -0.39 is 0 Å². The largest absolute Gasteiger partial charge is 0.399 e. The lowest BCUT2D eigenvalue weighted by molar-refractivity contribution is 0.250. The van der Waals surface area contributed by atoms with E-state index >= 15 is 0 Å². The Balaban J connectivity index is 1.44. The van der Waals surface area contributed by atoms with Crippen molar-refractivity contribution in [1.82, 2.24) is 0 Å². The summed E-state index contributed by atoms with van der Waals surface area (Å²) in [7, 11) is 0. The molecule has 0 spiro atoms. The van der Waals surface area contributed by atoms with Crippen molar-refractivity contribution < 1.29 is 0 Å². The Morgan fingerprint density at radius 3 is 1.45 bits per heavy atom. The van der Waals surface area contributed by atoms with Crippen LogP contribution < -0.4 is 11.5 Å². The van der Waals surface area contributed by atoms with Crippen LogP contribution in [0.1, 0.15) is 154 Å². The smallest absolute Gasteiger partial charge is 0.0316 e. The number of nitrogens with two attached hydrogens (primary N) is 2. The third-order valence-corrected chi connectivity index (χ3v) is 11.6. The Bertz CT molecular complexity index is 1450. The van der Waals surface area contributed by atoms with Gasteiger partial charge in [-0.25, -0.2) is 0 Å². The zero-order valence-corrected chi connectivity index (χ0v) is 30.0. The van der Waals surface area contributed by atoms with Gasteiger partial charge >= 0.3 is 0 Å². The molecular weight excluding hydrogens is 569 g/mol. The van der Waals surface area contributed by atoms with Crippen molar-refractivity contribution in [2.75, 3.05) is 11.5 Å². The third-order valence-electron chi connectivity index (χ3n) is 11.6. The Hall–Kier alpha value is -3.52. The molecule has 4 aromatic rings. The number of nitrogen functional groups attached to an aromatic ring is 2. The fourth-order valence-electron chi connectivity index (χ4n) is 8.76. The van der Waals surface area contributed by atoms with Crippen LogP contribution in [0.2, 0.25) is 0 Å². The van der Waals surface area contributed by atoms with Crippen molar-refractivity contribution in [2.24, 2.45) is 5.92 Å². The van der Waals surface area contributed by atoms with E-state index in [-0.39, 0.29) is 5.41 Å². The van der Waals surface area contributed by atoms with Crippen molar-refractivity contribution in [3.63, 3.8) is 0 Å². The second-order valence-corrected chi connectivity index (χ2v) is 14.6. The molecule has 2 unspecified atom stereocenters. The maximum Gasteiger partial charge on any atom is 0.0316 e. The van der Waals surface area contributed by atoms with Gasteiger partial charge in [0, 0.05) is 28.6 Å². The van der Waals surface area contributed by atoms with Crippen LogP contribution in [0.15, 0.2) is 84.9 Å². The maximum absolute atomic E-state index is 6.11. The number of aryl methyl sites for hydroxylation is 2. The maximum atomic E-state index is 6.11. The summed E-state index contributed by atoms with van der Waals surface area (Å²) in [5, 5.41) is 0. The molecule has 1 aliphatic rings. The molecule has 5 rings (SSSR count). The number of hydrogen-bond donors (Lipinski definition) is 2. The number of anilines is 2. The number of benzene rings is 4. The molecule has 0 heterocycles. The molecular formula is C45H60N2. The minimum atomic E-state index is 0.0629. The first-order chi connectivity index (χ1) is 22.8. The summed E-state index contributed by atoms with van der Waals surface area (Å²) in [4.78, 5) is 0. The fourth-order valence-corrected chi connectivity index (χ4v) is 8.76. The molecule has 1 saturated carbocycles. The van der Waals surface area contributed by atoms with Crippen molar-refractivity contribution in [3.05, 3.63) is 129 Å². The van der Waals surface area contributed by atoms with Crippen LogP contribution in [-0.2, 0) is 5.41 Å². The number of hydrogen-bond acceptors (Lipinski definition) is 2. The lowest BCUT2D eigenvalue weighted by Crippen LogP contribution is -2.33. The summed E-state index contributed by atoms with van der Waals surface area (Å²) in [6, 6.07) is 32.4. The highest BCUT2D eigenvalue weighted by molar-refractivity contribution is 5.50. The van der Waals surface area contributed by atoms with Gasteiger partial charge in [0.1, 0.15) is 0 Å². The van der Waals surface area contributed by atoms with Gasteiger partial charge in [0.15, 0.2) is 0 Å². The van der Waals surface area contributed by atoms with E-state index in [1.807, 2.05) is 0 Å². The van der Waals surface area contributed by atoms with Crippen molar-refractivity contribution in [2.45, 2.75) is 129 Å². The van der Waals surface area contributed by atoms with Crippen LogP contribution in [0.4, 0.5) is 11.4 Å². The molecule has 0 bridgehead atoms. The Morgan fingerprint density at radius 2 is 1.04 bits per heavy atom. The van der Waals surface area contributed by atoms with Gasteiger partial charge in [0.25, 0.3) is 0 Å². The first-order valence-corrected chi connectivity index (χ1v) is 18.7. The van der Waals surface area contributed by atoms with E-state index in [0.29, 0.717) is 11.8 Å². The molecule has 2 nitrogen and oxygen atoms in total. The van der Waals surface area contributed by atoms with Crippen LogP contribution in [0, 0.1) is 19.8 Å². The second kappa shape index (κ2) is 16.1. The molecule has 0 radical (unpaired) electrons. The highest BCUT2D eigenvalue weighted by Crippen LogP contribution is 2.48. The summed E-state index contributed by atoms with van der Waals surface area (Å²) in [6.07, 6.45) is 15.5. The van der Waals surface area contributed by atoms with E-state index in [1.54, 1.807) is 0 Å². The van der Waals surface area contributed by atoms with E-state index in [4.69, 9.17) is 11.5 Å². The molecule has 2 heteroatoms. The van der Waals surface area contributed by atoms with Crippen LogP contribution >= 0.6 is 0 Å². The summed E-state index contributed by atoms with van der Waals surface area (Å²) in [6.45, 7) is 11.3. The molecule has 0 aliphatic heterocycles. The molecule has 250 valence electrons. The quantitative estimate of drug-likeness (QED) is 0.108. The minimum absolute atomic E-state index is 0.0629. The summed E-state index contributed by atoms with van der Waals surface area (Å²) in [5.74, 6) is 1.62. The summed E-state index contributed by atoms with van der Waals surface area (Å²) in [5.41, 5.74) is 25.1. The Kier molecular flexibility index (Phi) is 11.9. The number of unbranched alkanes of at least 4 members (excludes halogenated alkanes) is 4. The van der Waals surface area contributed by atoms with Gasteiger partial charge in [-0.1, -0.05) is 120 Å². The van der Waals surface area contributed by atoms with E-state index in [0.717, 1.165) is 30.1 Å². The highest BCUT2D eigenvalue weighted by atomic mass is 14.5. The molecule has 1 fully saturated rings. The van der Waals surface area contributed by atoms with Gasteiger partial charge in [-0.2, -0.15) is 0 Å². The zero-order valence-electron chi connectivity index (χ0n) is 30.0. The minimum Gasteiger partial charge on any atom is -0.399 e. The fraction of sp³-hybridized carbons (Fsp3) is 0.467. The molecule has 1 aliphatic carbocycles. The molecule has 4 N–H and O–H groups in total. The van der Waals surface area contributed by atoms with E-state index in [2.05, 4.69) is 120 Å². The van der Waals surface area contributed by atoms with Crippen LogP contribution in [0.3, 0.4) is 0 Å². The lowest BCUT2D eigenvalue weighted by atomic mass is 9.62. The summed E-state index contributed by atoms with van der Waals surface area (Å²) < 4.78 is 0. The monoisotopic (exact) mass is 628 g/mol. The molecule has 2 atom stereocenters. The van der Waals surface area contributed by atoms with Gasteiger partial charge in [-0.15, -0.1) is 0 Å². The van der Waals surface area contributed by atoms with Crippen molar-refractivity contribution in [1.29, 1.82) is 0 Å². The van der Waals surface area contributed by atoms with Gasteiger partial charge in [-0.3, -0.25) is 0 Å². The van der Waals surface area contributed by atoms with Gasteiger partial charge in [0.2, 0.25) is 0 Å². The SMILES string of the molecule is CCCCCCCC1CCC(c2ccc(C(CC)c3ccc(N)cc3C)cc2)(c2ccc(C(CC)c3ccc(N)cc3C)cc2)CC1. The van der Waals surface area contributed by atoms with Gasteiger partial charge < -0.3 is 11.5 Å². The van der Waals surface area contributed by atoms with Crippen LogP contribution in [0.5, 0.6) is 0 Å². The summed E-state index contributed by atoms with van der Waals surface area (Å²) >= 11 is 0. The number of rotatable bonds is 14. The molecule has 47 heavy (non-hydrogen) atoms. The van der Waals surface area contributed by atoms with Crippen LogP contribution in [-0.4, -0.2) is 0 Å². The zero-order chi connectivity index (χ0) is 33.4. The highest BCUT2D eigenvalue weighted by Gasteiger charge is 2.38. The third kappa shape index (κ3) is 7.97. The Labute approximate surface area is 286 Å². The average molecular weight is 629 g/mol. The second-order valence-electron chi connectivity index (χ2n) is 14.6. The van der Waals surface area contributed by atoms with E-state index in [9.17, 15) is 0 Å². The first kappa shape index (κ1) is 34.8. The molecule has 4 aromatic carbocycles. The molecule has 0 amide bonds. The standard InChI is InChI=1S/C45H60N2/c1-6-9-10-11-12-13-34-26-28-45(29-27-34,37-18-14-35(15-19-37)41(7-2)43-24-22-39(46)30-32(43)4)38-20-16-36(17-21-38)42(8-3)44-25-23-40(47)31-33(44)5/h14-25,30-31,34,41-42H,6-13,26-29,46-47H2,1-5H3. The van der Waals surface area contributed by atoms with Crippen LogP contribution in [0.25, 0.3) is 0 Å². The van der Waals surface area contributed by atoms with Crippen molar-refractivity contribution >= 4 is 11.4 Å². The van der Waals surface area contributed by atoms with E-state index in [1.165, 1.54) is 109 Å².